The molecule has 11 heteroatoms. The van der Waals surface area contributed by atoms with Crippen molar-refractivity contribution in [3.63, 3.8) is 0 Å². The number of rotatable bonds is 9. The number of pyridine rings is 1. The van der Waals surface area contributed by atoms with Gasteiger partial charge in [-0.25, -0.2) is 19.7 Å². The Morgan fingerprint density at radius 1 is 1.15 bits per heavy atom. The van der Waals surface area contributed by atoms with Crippen LogP contribution in [-0.2, 0) is 12.7 Å². The van der Waals surface area contributed by atoms with Gasteiger partial charge in [0.2, 0.25) is 5.82 Å². The topological polar surface area (TPSA) is 106 Å². The number of nitrogens with zero attached hydrogens (tertiary/aromatic N) is 5. The van der Waals surface area contributed by atoms with E-state index in [9.17, 15) is 23.1 Å². The predicted octanol–water partition coefficient (Wildman–Crippen LogP) is 6.68. The molecular weight excluding hydrogens is 521 g/mol. The number of carboxylic acid groups (broad SMARTS) is 1. The number of allylic oxidation sites excluding steroid dienone is 2. The third-order valence-corrected chi connectivity index (χ3v) is 7.36. The first-order chi connectivity index (χ1) is 19.1. The fourth-order valence-corrected chi connectivity index (χ4v) is 4.73. The van der Waals surface area contributed by atoms with Gasteiger partial charge in [-0.15, -0.1) is 0 Å². The molecule has 0 radical (unpaired) electrons. The molecule has 8 nitrogen and oxygen atoms in total. The number of alkyl halides is 3. The molecule has 1 aliphatic carbocycles. The number of fused-ring (bicyclic) bond motifs is 1. The number of halogens is 3. The zero-order valence-electron chi connectivity index (χ0n) is 22.2. The highest BCUT2D eigenvalue weighted by Crippen LogP contribution is 2.33. The molecule has 1 aliphatic rings. The van der Waals surface area contributed by atoms with Gasteiger partial charge in [0.25, 0.3) is 0 Å². The van der Waals surface area contributed by atoms with E-state index >= 15 is 0 Å². The summed E-state index contributed by atoms with van der Waals surface area (Å²) in [5.74, 6) is -0.339. The normalized spacial score (nSPS) is 14.4. The summed E-state index contributed by atoms with van der Waals surface area (Å²) in [5, 5.41) is 13.0. The molecule has 1 saturated carbocycles. The van der Waals surface area contributed by atoms with Crippen molar-refractivity contribution in [1.82, 2.24) is 24.5 Å². The van der Waals surface area contributed by atoms with Crippen LogP contribution in [0.1, 0.15) is 66.8 Å². The lowest BCUT2D eigenvalue weighted by atomic mass is 9.83. The molecule has 5 rings (SSSR count). The maximum Gasteiger partial charge on any atom is 0.416 e. The van der Waals surface area contributed by atoms with Gasteiger partial charge in [-0.1, -0.05) is 37.5 Å². The van der Waals surface area contributed by atoms with E-state index in [1.54, 1.807) is 10.8 Å². The molecule has 3 heterocycles. The highest BCUT2D eigenvalue weighted by atomic mass is 19.4. The second-order valence-corrected chi connectivity index (χ2v) is 10.0. The van der Waals surface area contributed by atoms with Crippen molar-refractivity contribution in [3.8, 4) is 11.5 Å². The molecule has 0 amide bonds. The molecule has 1 aromatic carbocycles. The van der Waals surface area contributed by atoms with Crippen LogP contribution < -0.4 is 5.32 Å². The molecule has 0 bridgehead atoms. The van der Waals surface area contributed by atoms with Crippen LogP contribution in [0.25, 0.3) is 28.3 Å². The molecule has 0 saturated heterocycles. The minimum atomic E-state index is -4.45. The Morgan fingerprint density at radius 3 is 2.52 bits per heavy atom. The van der Waals surface area contributed by atoms with Crippen LogP contribution in [0, 0.1) is 5.92 Å². The first-order valence-electron chi connectivity index (χ1n) is 13.2. The van der Waals surface area contributed by atoms with Crippen LogP contribution in [0.15, 0.2) is 48.7 Å². The number of anilines is 1. The number of nitrogens with one attached hydrogen (secondary N) is 1. The molecule has 40 heavy (non-hydrogen) atoms. The first-order valence-corrected chi connectivity index (χ1v) is 13.2. The summed E-state index contributed by atoms with van der Waals surface area (Å²) in [7, 11) is 0. The highest BCUT2D eigenvalue weighted by Gasteiger charge is 2.30. The molecule has 0 atom stereocenters. The van der Waals surface area contributed by atoms with Gasteiger partial charge in [0.1, 0.15) is 11.2 Å². The van der Waals surface area contributed by atoms with E-state index in [1.165, 1.54) is 31.4 Å². The molecule has 0 unspecified atom stereocenters. The first kappa shape index (κ1) is 27.3. The molecule has 208 valence electrons. The van der Waals surface area contributed by atoms with Gasteiger partial charge >= 0.3 is 12.1 Å². The van der Waals surface area contributed by atoms with Crippen molar-refractivity contribution in [3.05, 3.63) is 71.2 Å². The molecule has 3 aromatic heterocycles. The average Bonchev–Trinajstić information content (AvgIpc) is 3.27. The van der Waals surface area contributed by atoms with Gasteiger partial charge in [0.15, 0.2) is 17.3 Å². The van der Waals surface area contributed by atoms with E-state index < -0.39 is 23.5 Å². The number of carbonyl (C=O) groups is 1. The van der Waals surface area contributed by atoms with E-state index in [0.717, 1.165) is 29.7 Å². The molecule has 4 aromatic rings. The van der Waals surface area contributed by atoms with Crippen molar-refractivity contribution < 1.29 is 23.1 Å². The fourth-order valence-electron chi connectivity index (χ4n) is 4.73. The van der Waals surface area contributed by atoms with Crippen molar-refractivity contribution in [1.29, 1.82) is 0 Å². The number of imidazole rings is 1. The zero-order chi connectivity index (χ0) is 28.4. The summed E-state index contributed by atoms with van der Waals surface area (Å²) in [5.41, 5.74) is 2.95. The third-order valence-electron chi connectivity index (χ3n) is 7.36. The average molecular weight is 551 g/mol. The van der Waals surface area contributed by atoms with Crippen LogP contribution in [0.5, 0.6) is 0 Å². The molecule has 0 aliphatic heterocycles. The number of aromatic carboxylic acids is 1. The van der Waals surface area contributed by atoms with E-state index in [0.29, 0.717) is 40.9 Å². The largest absolute Gasteiger partial charge is 0.475 e. The second kappa shape index (κ2) is 11.1. The minimum absolute atomic E-state index is 0.144. The summed E-state index contributed by atoms with van der Waals surface area (Å²) in [4.78, 5) is 29.6. The standard InChI is InChI=1S/C29H29F3N6O2/c1-3-17(2)20-12-14-33-22(15-20)27-37-25-23(38(27)16-19-7-9-21(10-8-19)29(30,31)32)24(35-26(36-25)28(39)40)34-13-11-18-5-4-6-18/h3,7-10,12,14-15,18H,4-6,11,13,16H2,1-2H3,(H,39,40)(H,34,35,36)/b17-3-. The summed E-state index contributed by atoms with van der Waals surface area (Å²) >= 11 is 0. The van der Waals surface area contributed by atoms with Crippen molar-refractivity contribution in [2.75, 3.05) is 11.9 Å². The Bertz CT molecular complexity index is 1570. The molecular formula is C29H29F3N6O2. The van der Waals surface area contributed by atoms with Crippen LogP contribution in [0.4, 0.5) is 19.0 Å². The third kappa shape index (κ3) is 5.68. The Morgan fingerprint density at radius 2 is 1.90 bits per heavy atom. The Hall–Kier alpha value is -4.28. The van der Waals surface area contributed by atoms with Crippen LogP contribution in [0.2, 0.25) is 0 Å². The van der Waals surface area contributed by atoms with Crippen LogP contribution in [-0.4, -0.2) is 42.1 Å². The highest BCUT2D eigenvalue weighted by molar-refractivity contribution is 5.92. The number of hydrogen-bond acceptors (Lipinski definition) is 6. The van der Waals surface area contributed by atoms with Gasteiger partial charge in [0, 0.05) is 19.3 Å². The lowest BCUT2D eigenvalue weighted by molar-refractivity contribution is -0.137. The van der Waals surface area contributed by atoms with Gasteiger partial charge in [-0.05, 0) is 67.2 Å². The van der Waals surface area contributed by atoms with Crippen molar-refractivity contribution in [2.45, 2.75) is 52.3 Å². The predicted molar refractivity (Wildman–Crippen MR) is 146 cm³/mol. The minimum Gasteiger partial charge on any atom is -0.475 e. The van der Waals surface area contributed by atoms with Gasteiger partial charge in [-0.3, -0.25) is 4.98 Å². The smallest absolute Gasteiger partial charge is 0.416 e. The molecule has 0 spiro atoms. The number of benzene rings is 1. The summed E-state index contributed by atoms with van der Waals surface area (Å²) in [6.07, 6.45) is 3.66. The van der Waals surface area contributed by atoms with E-state index in [4.69, 9.17) is 0 Å². The Kier molecular flexibility index (Phi) is 7.55. The van der Waals surface area contributed by atoms with Crippen molar-refractivity contribution in [2.24, 2.45) is 5.92 Å². The quantitative estimate of drug-likeness (QED) is 0.239. The SMILES string of the molecule is C/C=C(/C)c1ccnc(-c2nc3nc(C(=O)O)nc(NCCC4CCC4)c3n2Cc2ccc(C(F)(F)F)cc2)c1. The van der Waals surface area contributed by atoms with Gasteiger partial charge in [-0.2, -0.15) is 13.2 Å². The van der Waals surface area contributed by atoms with E-state index in [-0.39, 0.29) is 12.2 Å². The number of hydrogen-bond donors (Lipinski definition) is 2. The zero-order valence-corrected chi connectivity index (χ0v) is 22.2. The van der Waals surface area contributed by atoms with Crippen molar-refractivity contribution >= 4 is 28.5 Å². The van der Waals surface area contributed by atoms with E-state index in [2.05, 4.69) is 25.3 Å². The fraction of sp³-hybridized carbons (Fsp3) is 0.345. The maximum atomic E-state index is 13.2. The summed E-state index contributed by atoms with van der Waals surface area (Å²) in [6, 6.07) is 8.66. The van der Waals surface area contributed by atoms with Crippen LogP contribution >= 0.6 is 0 Å². The number of aromatic nitrogens is 5. The van der Waals surface area contributed by atoms with Gasteiger partial charge in [0.05, 0.1) is 5.56 Å². The van der Waals surface area contributed by atoms with Gasteiger partial charge < -0.3 is 15.0 Å². The summed E-state index contributed by atoms with van der Waals surface area (Å²) < 4.78 is 41.3. The van der Waals surface area contributed by atoms with E-state index in [1.807, 2.05) is 32.1 Å². The Balaban J connectivity index is 1.65. The molecule has 2 N–H and O–H groups in total. The maximum absolute atomic E-state index is 13.2. The lowest BCUT2D eigenvalue weighted by Crippen LogP contribution is -2.17. The molecule has 1 fully saturated rings. The Labute approximate surface area is 229 Å². The summed E-state index contributed by atoms with van der Waals surface area (Å²) in [6.45, 7) is 4.63. The second-order valence-electron chi connectivity index (χ2n) is 10.0. The lowest BCUT2D eigenvalue weighted by Gasteiger charge is -2.25. The monoisotopic (exact) mass is 550 g/mol. The number of carboxylic acids is 1. The van der Waals surface area contributed by atoms with Crippen LogP contribution in [0.3, 0.4) is 0 Å².